The van der Waals surface area contributed by atoms with E-state index in [4.69, 9.17) is 0 Å². The summed E-state index contributed by atoms with van der Waals surface area (Å²) in [7, 11) is 0. The summed E-state index contributed by atoms with van der Waals surface area (Å²) in [5, 5.41) is 3.26. The van der Waals surface area contributed by atoms with Gasteiger partial charge < -0.3 is 9.88 Å². The number of hydrogen-bond acceptors (Lipinski definition) is 2. The number of halogens is 2. The van der Waals surface area contributed by atoms with Crippen molar-refractivity contribution in [3.05, 3.63) is 47.8 Å². The lowest BCUT2D eigenvalue weighted by molar-refractivity contribution is 0.576. The minimum absolute atomic E-state index is 0.535. The molecule has 0 radical (unpaired) electrons. The van der Waals surface area contributed by atoms with Gasteiger partial charge in [0, 0.05) is 31.5 Å². The third-order valence-electron chi connectivity index (χ3n) is 3.09. The summed E-state index contributed by atoms with van der Waals surface area (Å²) in [6, 6.07) is 3.62. The van der Waals surface area contributed by atoms with Crippen LogP contribution in [0.5, 0.6) is 0 Å². The maximum atomic E-state index is 13.1. The predicted molar refractivity (Wildman–Crippen MR) is 75.7 cm³/mol. The fourth-order valence-corrected chi connectivity index (χ4v) is 2.04. The molecule has 0 saturated carbocycles. The van der Waals surface area contributed by atoms with E-state index < -0.39 is 11.6 Å². The third kappa shape index (κ3) is 4.05. The number of benzene rings is 1. The molecule has 1 N–H and O–H groups in total. The Bertz CT molecular complexity index is 532. The lowest BCUT2D eigenvalue weighted by Crippen LogP contribution is -2.10. The Labute approximate surface area is 117 Å². The molecule has 5 heteroatoms. The normalized spacial score (nSPS) is 10.8. The molecule has 0 aliphatic heterocycles. The van der Waals surface area contributed by atoms with Crippen LogP contribution in [0.3, 0.4) is 0 Å². The van der Waals surface area contributed by atoms with E-state index in [9.17, 15) is 8.78 Å². The topological polar surface area (TPSA) is 29.9 Å². The molecule has 0 aliphatic carbocycles. The van der Waals surface area contributed by atoms with Crippen LogP contribution in [0.4, 0.5) is 14.7 Å². The molecule has 0 atom stereocenters. The zero-order valence-electron chi connectivity index (χ0n) is 11.6. The molecule has 3 nitrogen and oxygen atoms in total. The first-order chi connectivity index (χ1) is 9.69. The highest BCUT2D eigenvalue weighted by Crippen LogP contribution is 2.11. The van der Waals surface area contributed by atoms with Crippen LogP contribution >= 0.6 is 0 Å². The van der Waals surface area contributed by atoms with Crippen molar-refractivity contribution in [1.82, 2.24) is 9.55 Å². The van der Waals surface area contributed by atoms with Crippen molar-refractivity contribution >= 4 is 5.95 Å². The van der Waals surface area contributed by atoms with E-state index in [1.165, 1.54) is 12.1 Å². The van der Waals surface area contributed by atoms with Gasteiger partial charge in [0.1, 0.15) is 11.6 Å². The first-order valence-electron chi connectivity index (χ1n) is 6.89. The van der Waals surface area contributed by atoms with Gasteiger partial charge >= 0.3 is 0 Å². The van der Waals surface area contributed by atoms with Crippen LogP contribution in [-0.2, 0) is 13.0 Å². The van der Waals surface area contributed by atoms with Crippen LogP contribution in [0, 0.1) is 11.6 Å². The summed E-state index contributed by atoms with van der Waals surface area (Å²) in [4.78, 5) is 4.24. The number of nitrogens with one attached hydrogen (secondary N) is 1. The van der Waals surface area contributed by atoms with Gasteiger partial charge in [0.2, 0.25) is 5.95 Å². The summed E-state index contributed by atoms with van der Waals surface area (Å²) < 4.78 is 28.2. The zero-order valence-corrected chi connectivity index (χ0v) is 11.6. The molecule has 0 amide bonds. The number of imidazole rings is 1. The molecule has 0 unspecified atom stereocenters. The molecule has 0 aliphatic rings. The first kappa shape index (κ1) is 14.5. The molecule has 0 saturated heterocycles. The van der Waals surface area contributed by atoms with E-state index in [1.54, 1.807) is 6.20 Å². The Morgan fingerprint density at radius 1 is 1.20 bits per heavy atom. The molecule has 1 aromatic carbocycles. The van der Waals surface area contributed by atoms with Crippen molar-refractivity contribution in [2.45, 2.75) is 32.7 Å². The Morgan fingerprint density at radius 2 is 1.95 bits per heavy atom. The molecular weight excluding hydrogens is 260 g/mol. The molecular formula is C15H19F2N3. The van der Waals surface area contributed by atoms with Crippen LogP contribution in [-0.4, -0.2) is 16.1 Å². The van der Waals surface area contributed by atoms with E-state index in [1.807, 2.05) is 10.8 Å². The monoisotopic (exact) mass is 279 g/mol. The van der Waals surface area contributed by atoms with Crippen LogP contribution in [0.1, 0.15) is 25.3 Å². The number of aryl methyl sites for hydroxylation is 2. The minimum atomic E-state index is -0.535. The number of aromatic nitrogens is 2. The Morgan fingerprint density at radius 3 is 2.65 bits per heavy atom. The largest absolute Gasteiger partial charge is 0.356 e. The standard InChI is InChI=1S/C15H19F2N3/c1-2-3-5-18-15-19-6-8-20(15)7-4-12-9-13(16)11-14(17)10-12/h6,8-11H,2-5,7H2,1H3,(H,18,19). The first-order valence-corrected chi connectivity index (χ1v) is 6.89. The van der Waals surface area contributed by atoms with Crippen molar-refractivity contribution in [2.75, 3.05) is 11.9 Å². The highest BCUT2D eigenvalue weighted by atomic mass is 19.1. The number of nitrogens with zero attached hydrogens (tertiary/aromatic N) is 2. The van der Waals surface area contributed by atoms with Crippen LogP contribution in [0.25, 0.3) is 0 Å². The highest BCUT2D eigenvalue weighted by molar-refractivity contribution is 5.26. The zero-order chi connectivity index (χ0) is 14.4. The highest BCUT2D eigenvalue weighted by Gasteiger charge is 2.04. The minimum Gasteiger partial charge on any atom is -0.356 e. The van der Waals surface area contributed by atoms with Gasteiger partial charge in [0.25, 0.3) is 0 Å². The van der Waals surface area contributed by atoms with Gasteiger partial charge in [-0.05, 0) is 30.5 Å². The average molecular weight is 279 g/mol. The fourth-order valence-electron chi connectivity index (χ4n) is 2.04. The van der Waals surface area contributed by atoms with E-state index >= 15 is 0 Å². The molecule has 108 valence electrons. The van der Waals surface area contributed by atoms with Crippen molar-refractivity contribution < 1.29 is 8.78 Å². The predicted octanol–water partition coefficient (Wildman–Crippen LogP) is 3.62. The number of hydrogen-bond donors (Lipinski definition) is 1. The number of unbranched alkanes of at least 4 members (excludes halogenated alkanes) is 1. The van der Waals surface area contributed by atoms with Gasteiger partial charge in [-0.3, -0.25) is 0 Å². The maximum absolute atomic E-state index is 13.1. The molecule has 2 aromatic rings. The molecule has 2 rings (SSSR count). The van der Waals surface area contributed by atoms with E-state index in [0.29, 0.717) is 18.5 Å². The summed E-state index contributed by atoms with van der Waals surface area (Å²) >= 11 is 0. The molecule has 0 bridgehead atoms. The van der Waals surface area contributed by atoms with Crippen LogP contribution in [0.15, 0.2) is 30.6 Å². The third-order valence-corrected chi connectivity index (χ3v) is 3.09. The second kappa shape index (κ2) is 7.03. The summed E-state index contributed by atoms with van der Waals surface area (Å²) in [6.45, 7) is 3.64. The lowest BCUT2D eigenvalue weighted by atomic mass is 10.1. The second-order valence-corrected chi connectivity index (χ2v) is 4.75. The molecule has 1 aromatic heterocycles. The van der Waals surface area contributed by atoms with Crippen molar-refractivity contribution in [2.24, 2.45) is 0 Å². The Balaban J connectivity index is 1.95. The molecule has 0 fully saturated rings. The van der Waals surface area contributed by atoms with Crippen LogP contribution < -0.4 is 5.32 Å². The van der Waals surface area contributed by atoms with Gasteiger partial charge in [-0.2, -0.15) is 0 Å². The summed E-state index contributed by atoms with van der Waals surface area (Å²) in [6.07, 6.45) is 6.36. The van der Waals surface area contributed by atoms with Gasteiger partial charge in [-0.25, -0.2) is 13.8 Å². The van der Waals surface area contributed by atoms with E-state index in [0.717, 1.165) is 31.4 Å². The van der Waals surface area contributed by atoms with Crippen molar-refractivity contribution in [1.29, 1.82) is 0 Å². The van der Waals surface area contributed by atoms with E-state index in [-0.39, 0.29) is 0 Å². The molecule has 0 spiro atoms. The molecule has 20 heavy (non-hydrogen) atoms. The van der Waals surface area contributed by atoms with Gasteiger partial charge in [0.05, 0.1) is 0 Å². The average Bonchev–Trinajstić information content (AvgIpc) is 2.83. The maximum Gasteiger partial charge on any atom is 0.202 e. The lowest BCUT2D eigenvalue weighted by Gasteiger charge is -2.09. The summed E-state index contributed by atoms with van der Waals surface area (Å²) in [5.41, 5.74) is 0.649. The fraction of sp³-hybridized carbons (Fsp3) is 0.400. The SMILES string of the molecule is CCCCNc1nccn1CCc1cc(F)cc(F)c1. The van der Waals surface area contributed by atoms with Crippen molar-refractivity contribution in [3.8, 4) is 0 Å². The molecule has 1 heterocycles. The number of rotatable bonds is 7. The summed E-state index contributed by atoms with van der Waals surface area (Å²) in [5.74, 6) is -0.269. The van der Waals surface area contributed by atoms with Crippen molar-refractivity contribution in [3.63, 3.8) is 0 Å². The Kier molecular flexibility index (Phi) is 5.09. The Hall–Kier alpha value is -1.91. The van der Waals surface area contributed by atoms with Gasteiger partial charge in [0.15, 0.2) is 0 Å². The second-order valence-electron chi connectivity index (χ2n) is 4.75. The van der Waals surface area contributed by atoms with Gasteiger partial charge in [-0.15, -0.1) is 0 Å². The van der Waals surface area contributed by atoms with E-state index in [2.05, 4.69) is 17.2 Å². The number of anilines is 1. The quantitative estimate of drug-likeness (QED) is 0.785. The smallest absolute Gasteiger partial charge is 0.202 e. The van der Waals surface area contributed by atoms with Crippen LogP contribution in [0.2, 0.25) is 0 Å². The van der Waals surface area contributed by atoms with Gasteiger partial charge in [-0.1, -0.05) is 13.3 Å².